The molecule has 0 unspecified atom stereocenters. The van der Waals surface area contributed by atoms with Crippen LogP contribution in [0, 0.1) is 0 Å². The standard InChI is InChI=1S/C44H28N2/c1-2-10-29(11-3-1)34-20-23-38-42(28-34)46(36-22-19-31-13-5-7-15-33(31)27-36)41-25-24-40-43(44(38)41)37-16-8-9-17-39(37)45(40)35-21-18-30-12-4-6-14-32(30)26-35/h1-28H. The highest BCUT2D eigenvalue weighted by Crippen LogP contribution is 2.43. The summed E-state index contributed by atoms with van der Waals surface area (Å²) in [6, 6.07) is 62.0. The topological polar surface area (TPSA) is 9.86 Å². The molecule has 0 amide bonds. The van der Waals surface area contributed by atoms with Crippen LogP contribution < -0.4 is 0 Å². The molecule has 0 aliphatic carbocycles. The molecule has 0 aliphatic heterocycles. The zero-order chi connectivity index (χ0) is 30.2. The number of fused-ring (bicyclic) bond motifs is 9. The van der Waals surface area contributed by atoms with Crippen molar-refractivity contribution >= 4 is 65.2 Å². The van der Waals surface area contributed by atoms with Gasteiger partial charge < -0.3 is 9.13 Å². The summed E-state index contributed by atoms with van der Waals surface area (Å²) >= 11 is 0. The quantitative estimate of drug-likeness (QED) is 0.195. The first-order valence-corrected chi connectivity index (χ1v) is 15.9. The average molecular weight is 585 g/mol. The Morgan fingerprint density at radius 3 is 1.46 bits per heavy atom. The predicted octanol–water partition coefficient (Wildman–Crippen LogP) is 11.9. The van der Waals surface area contributed by atoms with Crippen molar-refractivity contribution < 1.29 is 0 Å². The molecule has 0 fully saturated rings. The molecule has 0 radical (unpaired) electrons. The number of nitrogens with zero attached hydrogens (tertiary/aromatic N) is 2. The molecule has 2 heteroatoms. The monoisotopic (exact) mass is 584 g/mol. The van der Waals surface area contributed by atoms with Crippen LogP contribution in [0.1, 0.15) is 0 Å². The van der Waals surface area contributed by atoms with Gasteiger partial charge in [-0.05, 0) is 81.2 Å². The SMILES string of the molecule is c1ccc(-c2ccc3c4c5c6ccccc6n(-c6ccc7ccccc7c6)c5ccc4n(-c4ccc5ccccc5c4)c3c2)cc1. The summed E-state index contributed by atoms with van der Waals surface area (Å²) in [6.07, 6.45) is 0. The highest BCUT2D eigenvalue weighted by Gasteiger charge is 2.21. The molecule has 2 nitrogen and oxygen atoms in total. The second kappa shape index (κ2) is 9.69. The summed E-state index contributed by atoms with van der Waals surface area (Å²) in [5.74, 6) is 0. The molecule has 8 aromatic carbocycles. The largest absolute Gasteiger partial charge is 0.309 e. The van der Waals surface area contributed by atoms with E-state index < -0.39 is 0 Å². The third-order valence-corrected chi connectivity index (χ3v) is 9.66. The number of para-hydroxylation sites is 1. The van der Waals surface area contributed by atoms with Crippen molar-refractivity contribution in [3.8, 4) is 22.5 Å². The van der Waals surface area contributed by atoms with Crippen LogP contribution in [0.2, 0.25) is 0 Å². The van der Waals surface area contributed by atoms with Gasteiger partial charge in [-0.25, -0.2) is 0 Å². The van der Waals surface area contributed by atoms with Gasteiger partial charge in [0.05, 0.1) is 22.1 Å². The van der Waals surface area contributed by atoms with Crippen molar-refractivity contribution in [2.24, 2.45) is 0 Å². The summed E-state index contributed by atoms with van der Waals surface area (Å²) in [6.45, 7) is 0. The van der Waals surface area contributed by atoms with Crippen LogP contribution in [0.25, 0.3) is 87.7 Å². The predicted molar refractivity (Wildman–Crippen MR) is 196 cm³/mol. The molecule has 0 aliphatic rings. The second-order valence-electron chi connectivity index (χ2n) is 12.2. The van der Waals surface area contributed by atoms with Crippen LogP contribution in [0.15, 0.2) is 170 Å². The van der Waals surface area contributed by atoms with E-state index in [1.54, 1.807) is 0 Å². The second-order valence-corrected chi connectivity index (χ2v) is 12.2. The molecule has 0 saturated heterocycles. The molecule has 46 heavy (non-hydrogen) atoms. The summed E-state index contributed by atoms with van der Waals surface area (Å²) in [4.78, 5) is 0. The van der Waals surface area contributed by atoms with Gasteiger partial charge >= 0.3 is 0 Å². The minimum Gasteiger partial charge on any atom is -0.309 e. The van der Waals surface area contributed by atoms with Crippen molar-refractivity contribution in [3.63, 3.8) is 0 Å². The van der Waals surface area contributed by atoms with Gasteiger partial charge in [-0.2, -0.15) is 0 Å². The van der Waals surface area contributed by atoms with Crippen LogP contribution in [0.5, 0.6) is 0 Å². The van der Waals surface area contributed by atoms with Gasteiger partial charge in [0.1, 0.15) is 0 Å². The van der Waals surface area contributed by atoms with E-state index in [-0.39, 0.29) is 0 Å². The normalized spacial score (nSPS) is 11.9. The Kier molecular flexibility index (Phi) is 5.31. The molecule has 2 aromatic heterocycles. The maximum atomic E-state index is 2.46. The van der Waals surface area contributed by atoms with Crippen LogP contribution in [0.3, 0.4) is 0 Å². The number of hydrogen-bond acceptors (Lipinski definition) is 0. The zero-order valence-electron chi connectivity index (χ0n) is 25.1. The molecule has 0 spiro atoms. The zero-order valence-corrected chi connectivity index (χ0v) is 25.1. The van der Waals surface area contributed by atoms with Crippen molar-refractivity contribution in [1.82, 2.24) is 9.13 Å². The summed E-state index contributed by atoms with van der Waals surface area (Å²) in [7, 11) is 0. The van der Waals surface area contributed by atoms with E-state index in [2.05, 4.69) is 179 Å². The summed E-state index contributed by atoms with van der Waals surface area (Å²) in [5.41, 5.74) is 9.63. The fourth-order valence-electron chi connectivity index (χ4n) is 7.56. The van der Waals surface area contributed by atoms with Crippen molar-refractivity contribution in [3.05, 3.63) is 170 Å². The molecule has 0 bridgehead atoms. The maximum Gasteiger partial charge on any atom is 0.0548 e. The Morgan fingerprint density at radius 1 is 0.283 bits per heavy atom. The number of rotatable bonds is 3. The Bertz CT molecular complexity index is 2800. The van der Waals surface area contributed by atoms with Crippen LogP contribution >= 0.6 is 0 Å². The lowest BCUT2D eigenvalue weighted by Gasteiger charge is -2.11. The third kappa shape index (κ3) is 3.65. The maximum absolute atomic E-state index is 2.46. The highest BCUT2D eigenvalue weighted by molar-refractivity contribution is 6.29. The molecule has 214 valence electrons. The van der Waals surface area contributed by atoms with Crippen LogP contribution in [0.4, 0.5) is 0 Å². The summed E-state index contributed by atoms with van der Waals surface area (Å²) < 4.78 is 4.90. The minimum atomic E-state index is 1.17. The highest BCUT2D eigenvalue weighted by atomic mass is 15.0. The minimum absolute atomic E-state index is 1.17. The van der Waals surface area contributed by atoms with E-state index in [0.29, 0.717) is 0 Å². The molecule has 10 rings (SSSR count). The lowest BCUT2D eigenvalue weighted by atomic mass is 10.0. The number of aromatic nitrogens is 2. The lowest BCUT2D eigenvalue weighted by Crippen LogP contribution is -1.95. The first-order chi connectivity index (χ1) is 22.8. The van der Waals surface area contributed by atoms with Crippen molar-refractivity contribution in [1.29, 1.82) is 0 Å². The van der Waals surface area contributed by atoms with Crippen LogP contribution in [-0.4, -0.2) is 9.13 Å². The first kappa shape index (κ1) is 25.2. The van der Waals surface area contributed by atoms with Crippen molar-refractivity contribution in [2.45, 2.75) is 0 Å². The van der Waals surface area contributed by atoms with E-state index in [0.717, 1.165) is 0 Å². The Labute approximate surface area is 266 Å². The first-order valence-electron chi connectivity index (χ1n) is 15.9. The molecule has 0 saturated carbocycles. The Morgan fingerprint density at radius 2 is 0.804 bits per heavy atom. The van der Waals surface area contributed by atoms with E-state index >= 15 is 0 Å². The summed E-state index contributed by atoms with van der Waals surface area (Å²) in [5, 5.41) is 10.1. The number of hydrogen-bond donors (Lipinski definition) is 0. The number of benzene rings is 8. The molecule has 0 atom stereocenters. The fraction of sp³-hybridized carbons (Fsp3) is 0. The van der Waals surface area contributed by atoms with Crippen molar-refractivity contribution in [2.75, 3.05) is 0 Å². The van der Waals surface area contributed by atoms with Gasteiger partial charge in [0.15, 0.2) is 0 Å². The van der Waals surface area contributed by atoms with Crippen LogP contribution in [-0.2, 0) is 0 Å². The average Bonchev–Trinajstić information content (AvgIpc) is 3.64. The Balaban J connectivity index is 1.35. The van der Waals surface area contributed by atoms with E-state index in [1.807, 2.05) is 0 Å². The van der Waals surface area contributed by atoms with Gasteiger partial charge in [0, 0.05) is 32.9 Å². The van der Waals surface area contributed by atoms with Gasteiger partial charge in [-0.1, -0.05) is 121 Å². The molecular weight excluding hydrogens is 556 g/mol. The van der Waals surface area contributed by atoms with E-state index in [1.165, 1.54) is 87.7 Å². The van der Waals surface area contributed by atoms with Gasteiger partial charge in [-0.15, -0.1) is 0 Å². The molecule has 10 aromatic rings. The third-order valence-electron chi connectivity index (χ3n) is 9.66. The van der Waals surface area contributed by atoms with E-state index in [4.69, 9.17) is 0 Å². The smallest absolute Gasteiger partial charge is 0.0548 e. The fourth-order valence-corrected chi connectivity index (χ4v) is 7.56. The molecule has 2 heterocycles. The van der Waals surface area contributed by atoms with Gasteiger partial charge in [-0.3, -0.25) is 0 Å². The Hall–Kier alpha value is -6.12. The van der Waals surface area contributed by atoms with E-state index in [9.17, 15) is 0 Å². The van der Waals surface area contributed by atoms with Gasteiger partial charge in [0.25, 0.3) is 0 Å². The van der Waals surface area contributed by atoms with Gasteiger partial charge in [0.2, 0.25) is 0 Å². The molecule has 0 N–H and O–H groups in total. The lowest BCUT2D eigenvalue weighted by molar-refractivity contribution is 1.18. The molecular formula is C44H28N2.